The van der Waals surface area contributed by atoms with Gasteiger partial charge in [0.2, 0.25) is 0 Å². The second-order valence-electron chi connectivity index (χ2n) is 4.15. The number of halogens is 2. The number of methoxy groups -OCH3 is 1. The van der Waals surface area contributed by atoms with Gasteiger partial charge in [0.05, 0.1) is 23.4 Å². The van der Waals surface area contributed by atoms with Crippen LogP contribution in [0.15, 0.2) is 42.5 Å². The van der Waals surface area contributed by atoms with E-state index in [-0.39, 0.29) is 0 Å². The number of esters is 1. The number of carbonyl (C=O) groups is 2. The van der Waals surface area contributed by atoms with E-state index in [9.17, 15) is 9.59 Å². The molecule has 0 unspecified atom stereocenters. The lowest BCUT2D eigenvalue weighted by Crippen LogP contribution is -2.13. The molecule has 1 amide bonds. The predicted octanol–water partition coefficient (Wildman–Crippen LogP) is 4.03. The van der Waals surface area contributed by atoms with E-state index in [1.54, 1.807) is 36.4 Å². The van der Waals surface area contributed by atoms with Crippen molar-refractivity contribution in [2.45, 2.75) is 0 Å². The third kappa shape index (κ3) is 3.74. The predicted molar refractivity (Wildman–Crippen MR) is 82.2 cm³/mol. The van der Waals surface area contributed by atoms with Crippen LogP contribution in [0.2, 0.25) is 10.0 Å². The molecule has 1 N–H and O–H groups in total. The van der Waals surface area contributed by atoms with Crippen molar-refractivity contribution in [1.82, 2.24) is 0 Å². The Morgan fingerprint density at radius 2 is 1.76 bits per heavy atom. The van der Waals surface area contributed by atoms with Crippen LogP contribution in [0.5, 0.6) is 0 Å². The lowest BCUT2D eigenvalue weighted by molar-refractivity contribution is 0.0600. The third-order valence-electron chi connectivity index (χ3n) is 2.72. The fraction of sp³-hybridized carbons (Fsp3) is 0.0667. The Bertz CT molecular complexity index is 701. The third-order valence-corrected chi connectivity index (χ3v) is 3.29. The molecule has 0 aliphatic heterocycles. The minimum Gasteiger partial charge on any atom is -0.465 e. The number of benzene rings is 2. The summed E-state index contributed by atoms with van der Waals surface area (Å²) in [6.45, 7) is 0. The van der Waals surface area contributed by atoms with Crippen molar-refractivity contribution in [2.24, 2.45) is 0 Å². The maximum absolute atomic E-state index is 12.2. The van der Waals surface area contributed by atoms with E-state index in [1.165, 1.54) is 13.2 Å². The average molecular weight is 324 g/mol. The number of hydrogen-bond donors (Lipinski definition) is 1. The van der Waals surface area contributed by atoms with E-state index in [1.807, 2.05) is 0 Å². The van der Waals surface area contributed by atoms with Crippen molar-refractivity contribution in [2.75, 3.05) is 12.4 Å². The molecule has 0 aliphatic rings. The van der Waals surface area contributed by atoms with Crippen molar-refractivity contribution < 1.29 is 14.3 Å². The van der Waals surface area contributed by atoms with Crippen LogP contribution < -0.4 is 5.32 Å². The minimum atomic E-state index is -0.509. The molecule has 0 heterocycles. The van der Waals surface area contributed by atoms with Gasteiger partial charge in [0, 0.05) is 10.6 Å². The Kier molecular flexibility index (Phi) is 4.83. The van der Waals surface area contributed by atoms with Crippen molar-refractivity contribution in [1.29, 1.82) is 0 Å². The summed E-state index contributed by atoms with van der Waals surface area (Å²) in [4.78, 5) is 23.6. The van der Waals surface area contributed by atoms with Gasteiger partial charge < -0.3 is 10.1 Å². The van der Waals surface area contributed by atoms with Gasteiger partial charge in [0.25, 0.3) is 5.91 Å². The molecule has 2 aromatic rings. The van der Waals surface area contributed by atoms with Crippen molar-refractivity contribution >= 4 is 40.8 Å². The number of ether oxygens (including phenoxy) is 1. The summed E-state index contributed by atoms with van der Waals surface area (Å²) in [5.41, 5.74) is 1.01. The summed E-state index contributed by atoms with van der Waals surface area (Å²) in [5, 5.41) is 3.47. The van der Waals surface area contributed by atoms with Crippen LogP contribution in [-0.4, -0.2) is 19.0 Å². The van der Waals surface area contributed by atoms with Gasteiger partial charge in [-0.25, -0.2) is 4.79 Å². The van der Waals surface area contributed by atoms with Gasteiger partial charge in [-0.05, 0) is 36.4 Å². The Labute approximate surface area is 131 Å². The van der Waals surface area contributed by atoms with E-state index in [0.717, 1.165) is 0 Å². The Balaban J connectivity index is 2.24. The number of nitrogens with one attached hydrogen (secondary N) is 1. The van der Waals surface area contributed by atoms with Gasteiger partial charge in [0.1, 0.15) is 0 Å². The Hall–Kier alpha value is -2.04. The maximum atomic E-state index is 12.2. The normalized spacial score (nSPS) is 10.0. The van der Waals surface area contributed by atoms with Gasteiger partial charge in [-0.1, -0.05) is 29.3 Å². The maximum Gasteiger partial charge on any atom is 0.337 e. The molecule has 0 radical (unpaired) electrons. The number of anilines is 1. The molecule has 108 valence electrons. The van der Waals surface area contributed by atoms with Crippen LogP contribution in [0.1, 0.15) is 20.7 Å². The highest BCUT2D eigenvalue weighted by Crippen LogP contribution is 2.26. The quantitative estimate of drug-likeness (QED) is 0.867. The zero-order chi connectivity index (χ0) is 15.4. The first-order valence-electron chi connectivity index (χ1n) is 5.96. The van der Waals surface area contributed by atoms with E-state index in [2.05, 4.69) is 10.1 Å². The summed E-state index contributed by atoms with van der Waals surface area (Å²) < 4.78 is 4.61. The lowest BCUT2D eigenvalue weighted by Gasteiger charge is -2.08. The molecule has 0 aromatic heterocycles. The second kappa shape index (κ2) is 6.61. The molecule has 0 atom stereocenters. The number of carbonyl (C=O) groups excluding carboxylic acids is 2. The molecule has 6 heteroatoms. The molecule has 2 rings (SSSR count). The van der Waals surface area contributed by atoms with E-state index < -0.39 is 11.9 Å². The van der Waals surface area contributed by atoms with Crippen molar-refractivity contribution in [3.8, 4) is 0 Å². The summed E-state index contributed by atoms with van der Waals surface area (Å²) >= 11 is 11.8. The van der Waals surface area contributed by atoms with Crippen molar-refractivity contribution in [3.05, 3.63) is 63.6 Å². The molecule has 21 heavy (non-hydrogen) atoms. The minimum absolute atomic E-state index is 0.294. The monoisotopic (exact) mass is 323 g/mol. The fourth-order valence-electron chi connectivity index (χ4n) is 1.69. The number of rotatable bonds is 3. The molecule has 0 fully saturated rings. The highest BCUT2D eigenvalue weighted by molar-refractivity contribution is 6.35. The molecule has 0 aliphatic carbocycles. The van der Waals surface area contributed by atoms with Crippen molar-refractivity contribution in [3.63, 3.8) is 0 Å². The van der Waals surface area contributed by atoms with Crippen LogP contribution >= 0.6 is 23.2 Å². The Morgan fingerprint density at radius 1 is 1.05 bits per heavy atom. The second-order valence-corrected chi connectivity index (χ2v) is 4.99. The van der Waals surface area contributed by atoms with Gasteiger partial charge in [-0.2, -0.15) is 0 Å². The molecule has 0 bridgehead atoms. The smallest absolute Gasteiger partial charge is 0.337 e. The summed E-state index contributed by atoms with van der Waals surface area (Å²) in [6, 6.07) is 10.9. The first-order valence-corrected chi connectivity index (χ1v) is 6.71. The van der Waals surface area contributed by atoms with E-state index >= 15 is 0 Å². The van der Waals surface area contributed by atoms with Gasteiger partial charge in [-0.3, -0.25) is 4.79 Å². The molecule has 4 nitrogen and oxygen atoms in total. The van der Waals surface area contributed by atoms with E-state index in [4.69, 9.17) is 23.2 Å². The zero-order valence-corrected chi connectivity index (χ0v) is 12.5. The highest BCUT2D eigenvalue weighted by Gasteiger charge is 2.12. The summed E-state index contributed by atoms with van der Waals surface area (Å²) in [5.74, 6) is -0.907. The molecule has 0 saturated heterocycles. The zero-order valence-electron chi connectivity index (χ0n) is 11.0. The molecule has 2 aromatic carbocycles. The first kappa shape index (κ1) is 15.4. The molecular formula is C15H11Cl2NO3. The SMILES string of the molecule is COC(=O)c1cccc(C(=O)Nc2cc(Cl)ccc2Cl)c1. The average Bonchev–Trinajstić information content (AvgIpc) is 2.50. The Morgan fingerprint density at radius 3 is 2.48 bits per heavy atom. The summed E-state index contributed by atoms with van der Waals surface area (Å²) in [7, 11) is 1.28. The van der Waals surface area contributed by atoms with Crippen LogP contribution in [-0.2, 0) is 4.74 Å². The van der Waals surface area contributed by atoms with Crippen LogP contribution in [0, 0.1) is 0 Å². The first-order chi connectivity index (χ1) is 10.0. The highest BCUT2D eigenvalue weighted by atomic mass is 35.5. The molecule has 0 saturated carbocycles. The number of amides is 1. The lowest BCUT2D eigenvalue weighted by atomic mass is 10.1. The molecule has 0 spiro atoms. The largest absolute Gasteiger partial charge is 0.465 e. The van der Waals surface area contributed by atoms with Gasteiger partial charge >= 0.3 is 5.97 Å². The van der Waals surface area contributed by atoms with Gasteiger partial charge in [0.15, 0.2) is 0 Å². The number of hydrogen-bond acceptors (Lipinski definition) is 3. The standard InChI is InChI=1S/C15H11Cl2NO3/c1-21-15(20)10-4-2-3-9(7-10)14(19)18-13-8-11(16)5-6-12(13)17/h2-8H,1H3,(H,18,19). The van der Waals surface area contributed by atoms with Crippen LogP contribution in [0.4, 0.5) is 5.69 Å². The van der Waals surface area contributed by atoms with E-state index in [0.29, 0.717) is 26.9 Å². The van der Waals surface area contributed by atoms with Crippen LogP contribution in [0.25, 0.3) is 0 Å². The van der Waals surface area contributed by atoms with Crippen LogP contribution in [0.3, 0.4) is 0 Å². The fourth-order valence-corrected chi connectivity index (χ4v) is 2.03. The topological polar surface area (TPSA) is 55.4 Å². The van der Waals surface area contributed by atoms with Gasteiger partial charge in [-0.15, -0.1) is 0 Å². The summed E-state index contributed by atoms with van der Waals surface area (Å²) in [6.07, 6.45) is 0. The molecular weight excluding hydrogens is 313 g/mol.